The van der Waals surface area contributed by atoms with Gasteiger partial charge in [0.1, 0.15) is 11.4 Å². The van der Waals surface area contributed by atoms with Crippen LogP contribution in [-0.2, 0) is 0 Å². The fraction of sp³-hybridized carbons (Fsp3) is 0.538. The summed E-state index contributed by atoms with van der Waals surface area (Å²) in [5.74, 6) is 0.713. The van der Waals surface area contributed by atoms with Gasteiger partial charge in [0.05, 0.1) is 0 Å². The molecule has 96 valence electrons. The lowest BCUT2D eigenvalue weighted by atomic mass is 10.0. The first kappa shape index (κ1) is 13.9. The molecule has 0 heterocycles. The van der Waals surface area contributed by atoms with E-state index < -0.39 is 12.5 Å². The van der Waals surface area contributed by atoms with Crippen LogP contribution in [0.4, 0.5) is 8.78 Å². The van der Waals surface area contributed by atoms with Gasteiger partial charge in [-0.25, -0.2) is 8.78 Å². The molecule has 1 atom stereocenters. The molecule has 2 N–H and O–H groups in total. The van der Waals surface area contributed by atoms with Gasteiger partial charge < -0.3 is 10.5 Å². The van der Waals surface area contributed by atoms with E-state index in [0.29, 0.717) is 11.3 Å². The molecule has 0 fully saturated rings. The minimum Gasteiger partial charge on any atom is -0.488 e. The maximum absolute atomic E-state index is 12.2. The summed E-state index contributed by atoms with van der Waals surface area (Å²) in [6.07, 6.45) is -2.70. The Hall–Kier alpha value is -1.16. The second kappa shape index (κ2) is 5.45. The number of rotatable bonds is 4. The molecule has 0 spiro atoms. The molecule has 0 aliphatic carbocycles. The smallest absolute Gasteiger partial charge is 0.240 e. The molecule has 0 amide bonds. The van der Waals surface area contributed by atoms with Crippen LogP contribution in [0, 0.1) is 0 Å². The van der Waals surface area contributed by atoms with Crippen LogP contribution in [0.3, 0.4) is 0 Å². The SMILES string of the molecule is CC(C)(C)Oc1ccc([C@@H](N)CC(F)F)cc1. The third kappa shape index (κ3) is 5.13. The van der Waals surface area contributed by atoms with Crippen molar-refractivity contribution in [3.05, 3.63) is 29.8 Å². The third-order valence-corrected chi connectivity index (χ3v) is 2.16. The van der Waals surface area contributed by atoms with E-state index in [-0.39, 0.29) is 12.0 Å². The number of nitrogens with two attached hydrogens (primary N) is 1. The summed E-state index contributed by atoms with van der Waals surface area (Å²) in [5, 5.41) is 0. The number of benzene rings is 1. The zero-order valence-corrected chi connectivity index (χ0v) is 10.4. The van der Waals surface area contributed by atoms with E-state index >= 15 is 0 Å². The normalized spacial score (nSPS) is 13.8. The molecule has 1 aromatic rings. The Morgan fingerprint density at radius 2 is 1.71 bits per heavy atom. The Labute approximate surface area is 101 Å². The summed E-state index contributed by atoms with van der Waals surface area (Å²) in [6, 6.07) is 6.35. The van der Waals surface area contributed by atoms with E-state index in [9.17, 15) is 8.78 Å². The molecule has 4 heteroatoms. The van der Waals surface area contributed by atoms with Gasteiger partial charge in [-0.15, -0.1) is 0 Å². The van der Waals surface area contributed by atoms with Crippen LogP contribution < -0.4 is 10.5 Å². The van der Waals surface area contributed by atoms with E-state index in [1.54, 1.807) is 24.3 Å². The Morgan fingerprint density at radius 1 is 1.18 bits per heavy atom. The maximum atomic E-state index is 12.2. The van der Waals surface area contributed by atoms with E-state index in [0.717, 1.165) is 0 Å². The van der Waals surface area contributed by atoms with Crippen molar-refractivity contribution in [3.8, 4) is 5.75 Å². The van der Waals surface area contributed by atoms with Crippen molar-refractivity contribution in [1.29, 1.82) is 0 Å². The predicted octanol–water partition coefficient (Wildman–Crippen LogP) is 3.52. The van der Waals surface area contributed by atoms with Crippen molar-refractivity contribution in [2.45, 2.75) is 45.3 Å². The van der Waals surface area contributed by atoms with Crippen LogP contribution in [0.2, 0.25) is 0 Å². The number of halogens is 2. The highest BCUT2D eigenvalue weighted by atomic mass is 19.3. The van der Waals surface area contributed by atoms with Crippen LogP contribution in [0.15, 0.2) is 24.3 Å². The summed E-state index contributed by atoms with van der Waals surface area (Å²) in [4.78, 5) is 0. The Balaban J connectivity index is 2.67. The minimum absolute atomic E-state index is 0.271. The quantitative estimate of drug-likeness (QED) is 0.878. The molecule has 0 unspecified atom stereocenters. The zero-order valence-electron chi connectivity index (χ0n) is 10.4. The summed E-state index contributed by atoms with van der Waals surface area (Å²) in [5.41, 5.74) is 6.08. The van der Waals surface area contributed by atoms with Crippen LogP contribution in [0.25, 0.3) is 0 Å². The molecule has 0 bridgehead atoms. The van der Waals surface area contributed by atoms with Crippen molar-refractivity contribution < 1.29 is 13.5 Å². The molecular weight excluding hydrogens is 224 g/mol. The van der Waals surface area contributed by atoms with Crippen LogP contribution in [0.1, 0.15) is 38.8 Å². The first-order valence-corrected chi connectivity index (χ1v) is 5.60. The van der Waals surface area contributed by atoms with Crippen molar-refractivity contribution >= 4 is 0 Å². The molecule has 17 heavy (non-hydrogen) atoms. The summed E-state index contributed by atoms with van der Waals surface area (Å²) in [6.45, 7) is 5.84. The fourth-order valence-electron chi connectivity index (χ4n) is 1.46. The van der Waals surface area contributed by atoms with Gasteiger partial charge in [0.2, 0.25) is 6.43 Å². The van der Waals surface area contributed by atoms with Crippen LogP contribution >= 0.6 is 0 Å². The lowest BCUT2D eigenvalue weighted by Gasteiger charge is -2.21. The standard InChI is InChI=1S/C13H19F2NO/c1-13(2,3)17-10-6-4-9(5-7-10)11(16)8-12(14)15/h4-7,11-12H,8,16H2,1-3H3/t11-/m0/s1. The van der Waals surface area contributed by atoms with E-state index in [4.69, 9.17) is 10.5 Å². The number of hydrogen-bond donors (Lipinski definition) is 1. The summed E-state index contributed by atoms with van der Waals surface area (Å²) < 4.78 is 30.0. The maximum Gasteiger partial charge on any atom is 0.240 e. The van der Waals surface area contributed by atoms with Gasteiger partial charge in [0, 0.05) is 12.5 Å². The highest BCUT2D eigenvalue weighted by Gasteiger charge is 2.14. The van der Waals surface area contributed by atoms with E-state index in [2.05, 4.69) is 0 Å². The molecule has 0 aromatic heterocycles. The number of alkyl halides is 2. The van der Waals surface area contributed by atoms with Gasteiger partial charge in [-0.3, -0.25) is 0 Å². The molecule has 0 radical (unpaired) electrons. The fourth-order valence-corrected chi connectivity index (χ4v) is 1.46. The molecule has 0 aliphatic rings. The Morgan fingerprint density at radius 3 is 2.12 bits per heavy atom. The van der Waals surface area contributed by atoms with Gasteiger partial charge >= 0.3 is 0 Å². The zero-order chi connectivity index (χ0) is 13.1. The predicted molar refractivity (Wildman–Crippen MR) is 64.4 cm³/mol. The first-order chi connectivity index (χ1) is 7.78. The Bertz CT molecular complexity index is 343. The highest BCUT2D eigenvalue weighted by Crippen LogP contribution is 2.23. The first-order valence-electron chi connectivity index (χ1n) is 5.60. The summed E-state index contributed by atoms with van der Waals surface area (Å²) >= 11 is 0. The molecule has 2 nitrogen and oxygen atoms in total. The highest BCUT2D eigenvalue weighted by molar-refractivity contribution is 5.29. The number of hydrogen-bond acceptors (Lipinski definition) is 2. The van der Waals surface area contributed by atoms with Gasteiger partial charge in [-0.2, -0.15) is 0 Å². The van der Waals surface area contributed by atoms with Crippen molar-refractivity contribution in [1.82, 2.24) is 0 Å². The van der Waals surface area contributed by atoms with Gasteiger partial charge in [0.15, 0.2) is 0 Å². The molecule has 1 rings (SSSR count). The number of ether oxygens (including phenoxy) is 1. The third-order valence-electron chi connectivity index (χ3n) is 2.16. The van der Waals surface area contributed by atoms with Crippen molar-refractivity contribution in [2.24, 2.45) is 5.73 Å². The van der Waals surface area contributed by atoms with Gasteiger partial charge in [-0.1, -0.05) is 12.1 Å². The van der Waals surface area contributed by atoms with Gasteiger partial charge in [0.25, 0.3) is 0 Å². The van der Waals surface area contributed by atoms with E-state index in [1.807, 2.05) is 20.8 Å². The topological polar surface area (TPSA) is 35.2 Å². The van der Waals surface area contributed by atoms with Crippen LogP contribution in [-0.4, -0.2) is 12.0 Å². The second-order valence-corrected chi connectivity index (χ2v) is 5.02. The molecular formula is C13H19F2NO. The molecule has 0 aliphatic heterocycles. The largest absolute Gasteiger partial charge is 0.488 e. The molecule has 0 saturated heterocycles. The van der Waals surface area contributed by atoms with Gasteiger partial charge in [-0.05, 0) is 38.5 Å². The monoisotopic (exact) mass is 243 g/mol. The Kier molecular flexibility index (Phi) is 4.46. The van der Waals surface area contributed by atoms with Crippen LogP contribution in [0.5, 0.6) is 5.75 Å². The molecule has 1 aromatic carbocycles. The second-order valence-electron chi connectivity index (χ2n) is 5.02. The van der Waals surface area contributed by atoms with Crippen molar-refractivity contribution in [2.75, 3.05) is 0 Å². The van der Waals surface area contributed by atoms with Crippen molar-refractivity contribution in [3.63, 3.8) is 0 Å². The minimum atomic E-state index is -2.38. The molecule has 0 saturated carbocycles. The lowest BCUT2D eigenvalue weighted by molar-refractivity contribution is 0.128. The average Bonchev–Trinajstić information content (AvgIpc) is 2.15. The van der Waals surface area contributed by atoms with E-state index in [1.165, 1.54) is 0 Å². The lowest BCUT2D eigenvalue weighted by Crippen LogP contribution is -2.23. The average molecular weight is 243 g/mol. The summed E-state index contributed by atoms with van der Waals surface area (Å²) in [7, 11) is 0.